The van der Waals surface area contributed by atoms with Gasteiger partial charge in [-0.1, -0.05) is 0 Å². The number of hydrogen-bond donors (Lipinski definition) is 1. The summed E-state index contributed by atoms with van der Waals surface area (Å²) >= 11 is 1.14. The first-order valence-electron chi connectivity index (χ1n) is 5.52. The van der Waals surface area contributed by atoms with Crippen LogP contribution in [0.1, 0.15) is 27.0 Å². The lowest BCUT2D eigenvalue weighted by Gasteiger charge is -2.00. The van der Waals surface area contributed by atoms with E-state index in [9.17, 15) is 9.59 Å². The first kappa shape index (κ1) is 13.3. The predicted molar refractivity (Wildman–Crippen MR) is 71.3 cm³/mol. The number of nitrogens with two attached hydrogens (primary N) is 1. The lowest BCUT2D eigenvalue weighted by molar-refractivity contribution is 0.0532. The Bertz CT molecular complexity index is 650. The predicted octanol–water partition coefficient (Wildman–Crippen LogP) is 1.84. The Hall–Kier alpha value is -2.15. The summed E-state index contributed by atoms with van der Waals surface area (Å²) in [7, 11) is 1.29. The van der Waals surface area contributed by atoms with Gasteiger partial charge in [0.05, 0.1) is 25.0 Å². The van der Waals surface area contributed by atoms with Crippen LogP contribution in [0, 0.1) is 0 Å². The molecule has 0 spiro atoms. The molecule has 0 bridgehead atoms. The number of aromatic nitrogens is 1. The van der Waals surface area contributed by atoms with Gasteiger partial charge in [0.15, 0.2) is 0 Å². The number of carbonyl (C=O) groups excluding carboxylic acids is 2. The minimum atomic E-state index is -0.502. The normalized spacial score (nSPS) is 10.4. The number of thiophene rings is 1. The van der Waals surface area contributed by atoms with Crippen molar-refractivity contribution in [1.82, 2.24) is 4.98 Å². The Morgan fingerprint density at radius 1 is 1.42 bits per heavy atom. The molecule has 0 aromatic carbocycles. The van der Waals surface area contributed by atoms with E-state index in [4.69, 9.17) is 10.5 Å². The van der Waals surface area contributed by atoms with Gasteiger partial charge in [0.2, 0.25) is 0 Å². The van der Waals surface area contributed by atoms with Crippen LogP contribution < -0.4 is 5.73 Å². The summed E-state index contributed by atoms with van der Waals surface area (Å²) in [5.41, 5.74) is 6.46. The molecule has 19 heavy (non-hydrogen) atoms. The number of nitrogen functional groups attached to an aromatic ring is 1. The maximum atomic E-state index is 11.7. The highest BCUT2D eigenvalue weighted by Gasteiger charge is 2.19. The van der Waals surface area contributed by atoms with E-state index < -0.39 is 11.9 Å². The SMILES string of the molecule is CCOC(=O)c1sc2ncc(C(=O)OC)cc2c1N. The zero-order valence-electron chi connectivity index (χ0n) is 10.4. The van der Waals surface area contributed by atoms with Crippen LogP contribution >= 0.6 is 11.3 Å². The van der Waals surface area contributed by atoms with Crippen LogP contribution in [0.5, 0.6) is 0 Å². The second-order valence-electron chi connectivity index (χ2n) is 3.63. The van der Waals surface area contributed by atoms with Gasteiger partial charge in [-0.3, -0.25) is 0 Å². The first-order valence-corrected chi connectivity index (χ1v) is 6.33. The number of ether oxygens (including phenoxy) is 2. The molecule has 100 valence electrons. The minimum Gasteiger partial charge on any atom is -0.465 e. The molecule has 0 unspecified atom stereocenters. The summed E-state index contributed by atoms with van der Waals surface area (Å²) in [6, 6.07) is 1.56. The molecule has 0 aliphatic rings. The van der Waals surface area contributed by atoms with Crippen molar-refractivity contribution >= 4 is 39.2 Å². The lowest BCUT2D eigenvalue weighted by Crippen LogP contribution is -2.05. The fourth-order valence-electron chi connectivity index (χ4n) is 1.58. The Balaban J connectivity index is 2.52. The molecule has 0 atom stereocenters. The van der Waals surface area contributed by atoms with Crippen molar-refractivity contribution in [2.24, 2.45) is 0 Å². The maximum absolute atomic E-state index is 11.7. The third-order valence-corrected chi connectivity index (χ3v) is 3.58. The van der Waals surface area contributed by atoms with Crippen molar-refractivity contribution in [2.45, 2.75) is 6.92 Å². The summed E-state index contributed by atoms with van der Waals surface area (Å²) in [6.07, 6.45) is 1.39. The molecule has 0 radical (unpaired) electrons. The molecular weight excluding hydrogens is 268 g/mol. The van der Waals surface area contributed by atoms with Gasteiger partial charge in [-0.15, -0.1) is 11.3 Å². The van der Waals surface area contributed by atoms with Crippen LogP contribution in [0.15, 0.2) is 12.3 Å². The van der Waals surface area contributed by atoms with Crippen molar-refractivity contribution in [3.05, 3.63) is 22.7 Å². The Morgan fingerprint density at radius 2 is 2.16 bits per heavy atom. The molecule has 2 heterocycles. The fraction of sp³-hybridized carbons (Fsp3) is 0.250. The summed E-state index contributed by atoms with van der Waals surface area (Å²) in [6.45, 7) is 1.99. The summed E-state index contributed by atoms with van der Waals surface area (Å²) in [5.74, 6) is -0.986. The molecule has 2 N–H and O–H groups in total. The number of rotatable bonds is 3. The number of nitrogens with zero attached hydrogens (tertiary/aromatic N) is 1. The average Bonchev–Trinajstić information content (AvgIpc) is 2.75. The molecule has 6 nitrogen and oxygen atoms in total. The topological polar surface area (TPSA) is 91.5 Å². The van der Waals surface area contributed by atoms with Gasteiger partial charge >= 0.3 is 11.9 Å². The van der Waals surface area contributed by atoms with E-state index in [2.05, 4.69) is 9.72 Å². The van der Waals surface area contributed by atoms with Crippen LogP contribution in [0.4, 0.5) is 5.69 Å². The monoisotopic (exact) mass is 280 g/mol. The van der Waals surface area contributed by atoms with E-state index >= 15 is 0 Å². The molecule has 0 aliphatic heterocycles. The third-order valence-electron chi connectivity index (χ3n) is 2.47. The van der Waals surface area contributed by atoms with Gasteiger partial charge in [0.1, 0.15) is 9.71 Å². The summed E-state index contributed by atoms with van der Waals surface area (Å²) < 4.78 is 9.52. The van der Waals surface area contributed by atoms with Crippen LogP contribution in [-0.4, -0.2) is 30.6 Å². The second-order valence-corrected chi connectivity index (χ2v) is 4.63. The van der Waals surface area contributed by atoms with Crippen molar-refractivity contribution in [3.8, 4) is 0 Å². The van der Waals surface area contributed by atoms with Gasteiger partial charge in [0, 0.05) is 11.6 Å². The number of pyridine rings is 1. The largest absolute Gasteiger partial charge is 0.465 e. The van der Waals surface area contributed by atoms with Crippen molar-refractivity contribution in [1.29, 1.82) is 0 Å². The molecular formula is C12H12N2O4S. The molecule has 2 rings (SSSR count). The van der Waals surface area contributed by atoms with Gasteiger partial charge < -0.3 is 15.2 Å². The number of hydrogen-bond acceptors (Lipinski definition) is 7. The van der Waals surface area contributed by atoms with Gasteiger partial charge in [-0.2, -0.15) is 0 Å². The fourth-order valence-corrected chi connectivity index (χ4v) is 2.52. The Morgan fingerprint density at radius 3 is 2.79 bits per heavy atom. The minimum absolute atomic E-state index is 0.271. The quantitative estimate of drug-likeness (QED) is 0.862. The van der Waals surface area contributed by atoms with Gasteiger partial charge in [-0.25, -0.2) is 14.6 Å². The van der Waals surface area contributed by atoms with Crippen molar-refractivity contribution in [3.63, 3.8) is 0 Å². The average molecular weight is 280 g/mol. The molecule has 2 aromatic heterocycles. The first-order chi connectivity index (χ1) is 9.08. The second kappa shape index (κ2) is 5.23. The lowest BCUT2D eigenvalue weighted by atomic mass is 10.2. The van der Waals surface area contributed by atoms with Gasteiger partial charge in [-0.05, 0) is 13.0 Å². The zero-order chi connectivity index (χ0) is 14.0. The van der Waals surface area contributed by atoms with E-state index in [-0.39, 0.29) is 17.9 Å². The van der Waals surface area contributed by atoms with E-state index in [1.807, 2.05) is 0 Å². The smallest absolute Gasteiger partial charge is 0.350 e. The highest BCUT2D eigenvalue weighted by Crippen LogP contribution is 2.33. The van der Waals surface area contributed by atoms with Crippen LogP contribution in [0.25, 0.3) is 10.2 Å². The maximum Gasteiger partial charge on any atom is 0.350 e. The van der Waals surface area contributed by atoms with Gasteiger partial charge in [0.25, 0.3) is 0 Å². The molecule has 0 fully saturated rings. The molecule has 0 amide bonds. The standard InChI is InChI=1S/C12H12N2O4S/c1-3-18-12(16)9-8(13)7-4-6(11(15)17-2)5-14-10(7)19-9/h4-5H,3,13H2,1-2H3. The van der Waals surface area contributed by atoms with Crippen LogP contribution in [0.3, 0.4) is 0 Å². The van der Waals surface area contributed by atoms with E-state index in [1.54, 1.807) is 13.0 Å². The number of carbonyl (C=O) groups is 2. The summed E-state index contributed by atoms with van der Waals surface area (Å²) in [4.78, 5) is 28.1. The number of methoxy groups -OCH3 is 1. The molecule has 0 saturated carbocycles. The van der Waals surface area contributed by atoms with Crippen LogP contribution in [0.2, 0.25) is 0 Å². The molecule has 0 saturated heterocycles. The zero-order valence-corrected chi connectivity index (χ0v) is 11.2. The summed E-state index contributed by atoms with van der Waals surface area (Å²) in [5, 5.41) is 0.552. The highest BCUT2D eigenvalue weighted by atomic mass is 32.1. The number of esters is 2. The van der Waals surface area contributed by atoms with Crippen molar-refractivity contribution in [2.75, 3.05) is 19.5 Å². The van der Waals surface area contributed by atoms with Crippen LogP contribution in [-0.2, 0) is 9.47 Å². The Labute approximate surface area is 113 Å². The van der Waals surface area contributed by atoms with E-state index in [0.717, 1.165) is 11.3 Å². The molecule has 7 heteroatoms. The van der Waals surface area contributed by atoms with E-state index in [0.29, 0.717) is 15.1 Å². The third kappa shape index (κ3) is 2.37. The molecule has 0 aliphatic carbocycles. The molecule has 2 aromatic rings. The highest BCUT2D eigenvalue weighted by molar-refractivity contribution is 7.21. The van der Waals surface area contributed by atoms with Crippen molar-refractivity contribution < 1.29 is 19.1 Å². The Kier molecular flexibility index (Phi) is 3.66. The van der Waals surface area contributed by atoms with E-state index in [1.165, 1.54) is 13.3 Å². The number of fused-ring (bicyclic) bond motifs is 1. The number of anilines is 1.